The Balaban J connectivity index is 2.44. The molecule has 1 aliphatic rings. The van der Waals surface area contributed by atoms with E-state index in [9.17, 15) is 4.79 Å². The van der Waals surface area contributed by atoms with Crippen LogP contribution in [0.1, 0.15) is 27.2 Å². The van der Waals surface area contributed by atoms with Gasteiger partial charge in [0.15, 0.2) is 0 Å². The van der Waals surface area contributed by atoms with Crippen molar-refractivity contribution in [1.29, 1.82) is 0 Å². The molecule has 1 rings (SSSR count). The SMILES string of the molecule is CN(C(=O)OC(C)(C)C)C1CCS[Se]C1. The van der Waals surface area contributed by atoms with Crippen molar-refractivity contribution in [3.63, 3.8) is 0 Å². The molecule has 0 spiro atoms. The number of hydrogen-bond donors (Lipinski definition) is 0. The van der Waals surface area contributed by atoms with Crippen molar-refractivity contribution in [2.45, 2.75) is 44.2 Å². The van der Waals surface area contributed by atoms with Crippen LogP contribution in [0.15, 0.2) is 0 Å². The first-order valence-corrected chi connectivity index (χ1v) is 9.32. The Hall–Kier alpha value is 0.139. The van der Waals surface area contributed by atoms with Crippen molar-refractivity contribution in [1.82, 2.24) is 4.90 Å². The molecular formula is C10H19NO2SSe. The van der Waals surface area contributed by atoms with E-state index in [4.69, 9.17) is 4.74 Å². The summed E-state index contributed by atoms with van der Waals surface area (Å²) in [6.45, 7) is 5.71. The summed E-state index contributed by atoms with van der Waals surface area (Å²) in [4.78, 5) is 13.5. The zero-order chi connectivity index (χ0) is 11.5. The van der Waals surface area contributed by atoms with E-state index < -0.39 is 0 Å². The molecule has 15 heavy (non-hydrogen) atoms. The summed E-state index contributed by atoms with van der Waals surface area (Å²) >= 11 is 0.638. The zero-order valence-corrected chi connectivity index (χ0v) is 12.3. The van der Waals surface area contributed by atoms with Crippen molar-refractivity contribution >= 4 is 30.1 Å². The second-order valence-corrected chi connectivity index (χ2v) is 9.19. The molecule has 0 aromatic carbocycles. The van der Waals surface area contributed by atoms with Gasteiger partial charge in [0.05, 0.1) is 0 Å². The fourth-order valence-electron chi connectivity index (χ4n) is 1.24. The number of nitrogens with zero attached hydrogens (tertiary/aromatic N) is 1. The van der Waals surface area contributed by atoms with Crippen LogP contribution in [-0.2, 0) is 4.74 Å². The van der Waals surface area contributed by atoms with Crippen LogP contribution in [0.2, 0.25) is 5.32 Å². The molecule has 1 atom stereocenters. The first-order valence-electron chi connectivity index (χ1n) is 5.10. The summed E-state index contributed by atoms with van der Waals surface area (Å²) < 4.78 is 5.34. The number of ether oxygens (including phenoxy) is 1. The van der Waals surface area contributed by atoms with Gasteiger partial charge in [0.25, 0.3) is 0 Å². The molecular weight excluding hydrogens is 277 g/mol. The van der Waals surface area contributed by atoms with Gasteiger partial charge in [-0.15, -0.1) is 0 Å². The van der Waals surface area contributed by atoms with Crippen LogP contribution < -0.4 is 0 Å². The molecule has 0 bridgehead atoms. The summed E-state index contributed by atoms with van der Waals surface area (Å²) in [7, 11) is 3.88. The first-order chi connectivity index (χ1) is 6.90. The molecule has 1 heterocycles. The number of carbonyl (C=O) groups excluding carboxylic acids is 1. The van der Waals surface area contributed by atoms with Crippen molar-refractivity contribution in [2.75, 3.05) is 12.8 Å². The molecule has 88 valence electrons. The van der Waals surface area contributed by atoms with Gasteiger partial charge in [0.1, 0.15) is 0 Å². The predicted molar refractivity (Wildman–Crippen MR) is 65.4 cm³/mol. The quantitative estimate of drug-likeness (QED) is 0.696. The van der Waals surface area contributed by atoms with Crippen molar-refractivity contribution in [2.24, 2.45) is 0 Å². The molecule has 0 N–H and O–H groups in total. The predicted octanol–water partition coefficient (Wildman–Crippen LogP) is 2.40. The van der Waals surface area contributed by atoms with Gasteiger partial charge in [-0.3, -0.25) is 0 Å². The Kier molecular flexibility index (Phi) is 4.81. The van der Waals surface area contributed by atoms with Crippen LogP contribution in [0.5, 0.6) is 0 Å². The van der Waals surface area contributed by atoms with E-state index in [2.05, 4.69) is 0 Å². The topological polar surface area (TPSA) is 29.5 Å². The summed E-state index contributed by atoms with van der Waals surface area (Å²) in [6, 6.07) is 0.390. The summed E-state index contributed by atoms with van der Waals surface area (Å²) in [6.07, 6.45) is 0.914. The number of amides is 1. The van der Waals surface area contributed by atoms with E-state index in [0.29, 0.717) is 19.9 Å². The molecule has 0 aromatic rings. The van der Waals surface area contributed by atoms with Crippen LogP contribution in [0.4, 0.5) is 4.79 Å². The van der Waals surface area contributed by atoms with Gasteiger partial charge in [0, 0.05) is 0 Å². The Morgan fingerprint density at radius 1 is 1.53 bits per heavy atom. The second-order valence-electron chi connectivity index (χ2n) is 4.64. The molecule has 0 aromatic heterocycles. The van der Waals surface area contributed by atoms with E-state index in [1.807, 2.05) is 38.0 Å². The van der Waals surface area contributed by atoms with Crippen LogP contribution in [0.3, 0.4) is 0 Å². The van der Waals surface area contributed by atoms with Crippen LogP contribution >= 0.6 is 10.2 Å². The Labute approximate surface area is 102 Å². The van der Waals surface area contributed by atoms with Crippen molar-refractivity contribution < 1.29 is 9.53 Å². The average Bonchev–Trinajstić information content (AvgIpc) is 2.15. The Morgan fingerprint density at radius 3 is 2.67 bits per heavy atom. The van der Waals surface area contributed by atoms with Gasteiger partial charge in [-0.25, -0.2) is 0 Å². The molecule has 3 nitrogen and oxygen atoms in total. The maximum absolute atomic E-state index is 11.8. The van der Waals surface area contributed by atoms with Gasteiger partial charge in [0.2, 0.25) is 0 Å². The minimum absolute atomic E-state index is 0.185. The normalized spacial score (nSPS) is 22.3. The van der Waals surface area contributed by atoms with E-state index in [1.54, 1.807) is 4.90 Å². The van der Waals surface area contributed by atoms with Crippen LogP contribution in [0.25, 0.3) is 0 Å². The molecule has 1 fully saturated rings. The van der Waals surface area contributed by atoms with Crippen molar-refractivity contribution in [3.05, 3.63) is 0 Å². The fourth-order valence-corrected chi connectivity index (χ4v) is 5.74. The van der Waals surface area contributed by atoms with Gasteiger partial charge in [-0.1, -0.05) is 0 Å². The third-order valence-electron chi connectivity index (χ3n) is 2.11. The molecule has 1 aliphatic heterocycles. The molecule has 1 unspecified atom stereocenters. The van der Waals surface area contributed by atoms with Gasteiger partial charge in [-0.05, 0) is 0 Å². The summed E-state index contributed by atoms with van der Waals surface area (Å²) in [5.41, 5.74) is -0.389. The Bertz CT molecular complexity index is 224. The maximum atomic E-state index is 11.8. The second kappa shape index (κ2) is 5.46. The first kappa shape index (κ1) is 13.2. The summed E-state index contributed by atoms with van der Waals surface area (Å²) in [5.74, 6) is 1.18. The average molecular weight is 296 g/mol. The van der Waals surface area contributed by atoms with Crippen molar-refractivity contribution in [3.8, 4) is 0 Å². The monoisotopic (exact) mass is 297 g/mol. The standard InChI is InChI=1S/C10H19NO2SSe/c1-10(2,3)13-9(12)11(4)8-5-6-14-15-7-8/h8H,5-7H2,1-4H3. The number of rotatable bonds is 1. The van der Waals surface area contributed by atoms with Gasteiger partial charge >= 0.3 is 101 Å². The fraction of sp³-hybridized carbons (Fsp3) is 0.900. The van der Waals surface area contributed by atoms with E-state index >= 15 is 0 Å². The van der Waals surface area contributed by atoms with E-state index in [0.717, 1.165) is 11.7 Å². The molecule has 0 radical (unpaired) electrons. The summed E-state index contributed by atoms with van der Waals surface area (Å²) in [5, 5.41) is 1.15. The number of carbonyl (C=O) groups is 1. The van der Waals surface area contributed by atoms with E-state index in [1.165, 1.54) is 5.75 Å². The Morgan fingerprint density at radius 2 is 2.20 bits per heavy atom. The third-order valence-corrected chi connectivity index (χ3v) is 6.57. The molecule has 0 saturated carbocycles. The third kappa shape index (κ3) is 4.66. The molecule has 1 amide bonds. The van der Waals surface area contributed by atoms with Crippen LogP contribution in [-0.4, -0.2) is 49.3 Å². The molecule has 0 aliphatic carbocycles. The minimum atomic E-state index is -0.389. The van der Waals surface area contributed by atoms with Crippen LogP contribution in [0, 0.1) is 0 Å². The van der Waals surface area contributed by atoms with E-state index in [-0.39, 0.29) is 11.7 Å². The molecule has 1 saturated heterocycles. The van der Waals surface area contributed by atoms with Gasteiger partial charge in [-0.2, -0.15) is 0 Å². The molecule has 5 heteroatoms. The number of hydrogen-bond acceptors (Lipinski definition) is 3. The zero-order valence-electron chi connectivity index (χ0n) is 9.78. The van der Waals surface area contributed by atoms with Gasteiger partial charge < -0.3 is 0 Å².